The number of nitrogens with one attached hydrogen (secondary N) is 1. The summed E-state index contributed by atoms with van der Waals surface area (Å²) in [5.41, 5.74) is 1.51. The quantitative estimate of drug-likeness (QED) is 0.915. The van der Waals surface area contributed by atoms with E-state index in [9.17, 15) is 4.79 Å². The summed E-state index contributed by atoms with van der Waals surface area (Å²) in [5.74, 6) is 0.393. The molecule has 6 heteroatoms. The Labute approximate surface area is 123 Å². The van der Waals surface area contributed by atoms with Gasteiger partial charge in [0, 0.05) is 38.1 Å². The molecule has 110 valence electrons. The van der Waals surface area contributed by atoms with Gasteiger partial charge in [0.05, 0.1) is 7.11 Å². The van der Waals surface area contributed by atoms with Crippen molar-refractivity contribution in [2.75, 3.05) is 26.0 Å². The lowest BCUT2D eigenvalue weighted by Gasteiger charge is -2.18. The van der Waals surface area contributed by atoms with Crippen LogP contribution < -0.4 is 10.1 Å². The summed E-state index contributed by atoms with van der Waals surface area (Å²) >= 11 is 0. The van der Waals surface area contributed by atoms with E-state index >= 15 is 0 Å². The first-order chi connectivity index (χ1) is 10.2. The predicted molar refractivity (Wildman–Crippen MR) is 80.4 cm³/mol. The Balaban J connectivity index is 1.90. The molecular weight excluding hydrogens is 268 g/mol. The van der Waals surface area contributed by atoms with E-state index in [-0.39, 0.29) is 6.03 Å². The van der Waals surface area contributed by atoms with Crippen LogP contribution in [0.5, 0.6) is 5.88 Å². The molecule has 2 aromatic heterocycles. The number of rotatable bonds is 5. The number of amides is 2. The summed E-state index contributed by atoms with van der Waals surface area (Å²) in [7, 11) is 3.25. The predicted octanol–water partition coefficient (Wildman–Crippen LogP) is 2.19. The zero-order chi connectivity index (χ0) is 15.1. The maximum Gasteiger partial charge on any atom is 0.321 e. The largest absolute Gasteiger partial charge is 0.480 e. The van der Waals surface area contributed by atoms with Crippen LogP contribution in [-0.2, 0) is 6.42 Å². The summed E-state index contributed by atoms with van der Waals surface area (Å²) in [5, 5.41) is 2.78. The zero-order valence-corrected chi connectivity index (χ0v) is 12.1. The van der Waals surface area contributed by atoms with Crippen molar-refractivity contribution < 1.29 is 9.53 Å². The second-order valence-corrected chi connectivity index (χ2v) is 4.48. The molecule has 0 bridgehead atoms. The van der Waals surface area contributed by atoms with Gasteiger partial charge in [0.2, 0.25) is 5.88 Å². The van der Waals surface area contributed by atoms with Crippen molar-refractivity contribution in [2.24, 2.45) is 0 Å². The first-order valence-corrected chi connectivity index (χ1v) is 6.61. The van der Waals surface area contributed by atoms with Crippen LogP contribution >= 0.6 is 0 Å². The Hall–Kier alpha value is -2.63. The average molecular weight is 286 g/mol. The SMILES string of the molecule is COc1ncccc1NC(=O)N(C)CCc1ccccn1. The summed E-state index contributed by atoms with van der Waals surface area (Å²) < 4.78 is 5.10. The highest BCUT2D eigenvalue weighted by Crippen LogP contribution is 2.19. The van der Waals surface area contributed by atoms with Gasteiger partial charge >= 0.3 is 6.03 Å². The van der Waals surface area contributed by atoms with E-state index in [1.807, 2.05) is 18.2 Å². The molecule has 0 aliphatic rings. The van der Waals surface area contributed by atoms with Crippen molar-refractivity contribution in [3.05, 3.63) is 48.4 Å². The van der Waals surface area contributed by atoms with Gasteiger partial charge in [-0.3, -0.25) is 4.98 Å². The fraction of sp³-hybridized carbons (Fsp3) is 0.267. The number of hydrogen-bond acceptors (Lipinski definition) is 4. The molecule has 0 saturated heterocycles. The Morgan fingerprint density at radius 3 is 2.76 bits per heavy atom. The van der Waals surface area contributed by atoms with Gasteiger partial charge in [-0.1, -0.05) is 6.07 Å². The topological polar surface area (TPSA) is 67.3 Å². The second kappa shape index (κ2) is 7.23. The van der Waals surface area contributed by atoms with Crippen molar-refractivity contribution in [1.29, 1.82) is 0 Å². The monoisotopic (exact) mass is 286 g/mol. The van der Waals surface area contributed by atoms with E-state index in [0.29, 0.717) is 24.5 Å². The smallest absolute Gasteiger partial charge is 0.321 e. The lowest BCUT2D eigenvalue weighted by molar-refractivity contribution is 0.222. The highest BCUT2D eigenvalue weighted by Gasteiger charge is 2.12. The average Bonchev–Trinajstić information content (AvgIpc) is 2.54. The second-order valence-electron chi connectivity index (χ2n) is 4.48. The number of carbonyl (C=O) groups excluding carboxylic acids is 1. The minimum atomic E-state index is -0.211. The molecule has 0 radical (unpaired) electrons. The van der Waals surface area contributed by atoms with E-state index in [4.69, 9.17) is 4.74 Å². The van der Waals surface area contributed by atoms with Crippen LogP contribution in [0, 0.1) is 0 Å². The van der Waals surface area contributed by atoms with E-state index in [2.05, 4.69) is 15.3 Å². The number of urea groups is 1. The molecule has 6 nitrogen and oxygen atoms in total. The Morgan fingerprint density at radius 1 is 1.24 bits per heavy atom. The standard InChI is InChI=1S/C15H18N4O2/c1-19(11-8-12-6-3-4-9-16-12)15(20)18-13-7-5-10-17-14(13)21-2/h3-7,9-10H,8,11H2,1-2H3,(H,18,20). The van der Waals surface area contributed by atoms with E-state index in [0.717, 1.165) is 5.69 Å². The molecule has 0 fully saturated rings. The van der Waals surface area contributed by atoms with E-state index in [1.54, 1.807) is 36.5 Å². The number of anilines is 1. The van der Waals surface area contributed by atoms with Crippen molar-refractivity contribution in [2.45, 2.75) is 6.42 Å². The summed E-state index contributed by atoms with van der Waals surface area (Å²) in [6.45, 7) is 0.575. The molecule has 0 atom stereocenters. The maximum atomic E-state index is 12.1. The van der Waals surface area contributed by atoms with Crippen LogP contribution in [0.4, 0.5) is 10.5 Å². The van der Waals surface area contributed by atoms with Crippen molar-refractivity contribution in [3.63, 3.8) is 0 Å². The molecule has 0 spiro atoms. The fourth-order valence-corrected chi connectivity index (χ4v) is 1.79. The third kappa shape index (κ3) is 4.17. The zero-order valence-electron chi connectivity index (χ0n) is 12.1. The number of aromatic nitrogens is 2. The Kier molecular flexibility index (Phi) is 5.09. The molecule has 2 rings (SSSR count). The summed E-state index contributed by atoms with van der Waals surface area (Å²) in [6.07, 6.45) is 4.06. The maximum absolute atomic E-state index is 12.1. The first kappa shape index (κ1) is 14.8. The third-order valence-corrected chi connectivity index (χ3v) is 2.98. The molecule has 0 saturated carbocycles. The van der Waals surface area contributed by atoms with Crippen molar-refractivity contribution >= 4 is 11.7 Å². The number of nitrogens with zero attached hydrogens (tertiary/aromatic N) is 3. The van der Waals surface area contributed by atoms with Gasteiger partial charge in [0.1, 0.15) is 5.69 Å². The number of methoxy groups -OCH3 is 1. The van der Waals surface area contributed by atoms with Gasteiger partial charge in [-0.25, -0.2) is 9.78 Å². The highest BCUT2D eigenvalue weighted by atomic mass is 16.5. The summed E-state index contributed by atoms with van der Waals surface area (Å²) in [6, 6.07) is 9.02. The molecule has 1 N–H and O–H groups in total. The third-order valence-electron chi connectivity index (χ3n) is 2.98. The van der Waals surface area contributed by atoms with Gasteiger partial charge < -0.3 is 15.0 Å². The molecule has 21 heavy (non-hydrogen) atoms. The lowest BCUT2D eigenvalue weighted by atomic mass is 10.2. The number of carbonyl (C=O) groups is 1. The van der Waals surface area contributed by atoms with Crippen LogP contribution in [-0.4, -0.2) is 41.6 Å². The van der Waals surface area contributed by atoms with Crippen LogP contribution in [0.3, 0.4) is 0 Å². The number of pyridine rings is 2. The molecule has 0 aromatic carbocycles. The van der Waals surface area contributed by atoms with Crippen LogP contribution in [0.2, 0.25) is 0 Å². The van der Waals surface area contributed by atoms with Gasteiger partial charge in [-0.05, 0) is 24.3 Å². The van der Waals surface area contributed by atoms with Crippen LogP contribution in [0.15, 0.2) is 42.7 Å². The normalized spacial score (nSPS) is 10.0. The van der Waals surface area contributed by atoms with Crippen molar-refractivity contribution in [3.8, 4) is 5.88 Å². The Morgan fingerprint density at radius 2 is 2.05 bits per heavy atom. The molecule has 0 aliphatic carbocycles. The van der Waals surface area contributed by atoms with Gasteiger partial charge in [-0.2, -0.15) is 0 Å². The fourth-order valence-electron chi connectivity index (χ4n) is 1.79. The minimum Gasteiger partial charge on any atom is -0.480 e. The van der Waals surface area contributed by atoms with Crippen molar-refractivity contribution in [1.82, 2.24) is 14.9 Å². The lowest BCUT2D eigenvalue weighted by Crippen LogP contribution is -2.33. The number of likely N-dealkylation sites (N-methyl/N-ethyl adjacent to an activating group) is 1. The van der Waals surface area contributed by atoms with Gasteiger partial charge in [-0.15, -0.1) is 0 Å². The molecular formula is C15H18N4O2. The number of ether oxygens (including phenoxy) is 1. The van der Waals surface area contributed by atoms with Gasteiger partial charge in [0.15, 0.2) is 0 Å². The molecule has 2 amide bonds. The van der Waals surface area contributed by atoms with Crippen LogP contribution in [0.1, 0.15) is 5.69 Å². The van der Waals surface area contributed by atoms with E-state index in [1.165, 1.54) is 7.11 Å². The summed E-state index contributed by atoms with van der Waals surface area (Å²) in [4.78, 5) is 22.0. The van der Waals surface area contributed by atoms with Crippen LogP contribution in [0.25, 0.3) is 0 Å². The van der Waals surface area contributed by atoms with Gasteiger partial charge in [0.25, 0.3) is 0 Å². The molecule has 0 unspecified atom stereocenters. The molecule has 2 heterocycles. The number of hydrogen-bond donors (Lipinski definition) is 1. The highest BCUT2D eigenvalue weighted by molar-refractivity contribution is 5.90. The molecule has 0 aliphatic heterocycles. The minimum absolute atomic E-state index is 0.211. The Bertz CT molecular complexity index is 589. The first-order valence-electron chi connectivity index (χ1n) is 6.61. The van der Waals surface area contributed by atoms with E-state index < -0.39 is 0 Å². The molecule has 2 aromatic rings.